The molecule has 1 N–H and O–H groups in total. The Hall–Kier alpha value is -2.07. The van der Waals surface area contributed by atoms with Crippen LogP contribution in [-0.4, -0.2) is 24.5 Å². The minimum Gasteiger partial charge on any atom is -0.258 e. The molecule has 0 aliphatic heterocycles. The second-order valence-electron chi connectivity index (χ2n) is 3.43. The zero-order chi connectivity index (χ0) is 13.9. The normalized spacial score (nSPS) is 11.2. The standard InChI is InChI=1S/C8H9N3O6S/c1-18(16,17)9-5-6-2-3-7(10(12)13)8(4-6)11(14)15/h2-4,9H,5H2,1H3. The maximum Gasteiger partial charge on any atom is 0.346 e. The molecule has 1 rings (SSSR count). The first kappa shape index (κ1) is 14.0. The largest absolute Gasteiger partial charge is 0.346 e. The molecular weight excluding hydrogens is 266 g/mol. The van der Waals surface area contributed by atoms with Crippen LogP contribution in [0.25, 0.3) is 0 Å². The van der Waals surface area contributed by atoms with E-state index in [0.29, 0.717) is 0 Å². The van der Waals surface area contributed by atoms with E-state index >= 15 is 0 Å². The lowest BCUT2D eigenvalue weighted by Gasteiger charge is -2.02. The number of rotatable bonds is 5. The van der Waals surface area contributed by atoms with Crippen molar-refractivity contribution in [1.82, 2.24) is 4.72 Å². The van der Waals surface area contributed by atoms with Crippen LogP contribution in [0.1, 0.15) is 5.56 Å². The fourth-order valence-corrected chi connectivity index (χ4v) is 1.62. The molecule has 0 unspecified atom stereocenters. The summed E-state index contributed by atoms with van der Waals surface area (Å²) in [7, 11) is -3.44. The van der Waals surface area contributed by atoms with Gasteiger partial charge in [-0.15, -0.1) is 0 Å². The average molecular weight is 275 g/mol. The monoisotopic (exact) mass is 275 g/mol. The molecule has 0 spiro atoms. The van der Waals surface area contributed by atoms with Gasteiger partial charge in [-0.1, -0.05) is 6.07 Å². The van der Waals surface area contributed by atoms with Gasteiger partial charge in [-0.2, -0.15) is 0 Å². The fourth-order valence-electron chi connectivity index (χ4n) is 1.19. The van der Waals surface area contributed by atoms with E-state index in [2.05, 4.69) is 4.72 Å². The highest BCUT2D eigenvalue weighted by atomic mass is 32.2. The van der Waals surface area contributed by atoms with Gasteiger partial charge < -0.3 is 0 Å². The van der Waals surface area contributed by atoms with Gasteiger partial charge in [0.1, 0.15) is 0 Å². The molecule has 9 nitrogen and oxygen atoms in total. The van der Waals surface area contributed by atoms with Gasteiger partial charge in [0.2, 0.25) is 10.0 Å². The van der Waals surface area contributed by atoms with Crippen molar-refractivity contribution in [1.29, 1.82) is 0 Å². The summed E-state index contributed by atoms with van der Waals surface area (Å²) in [6, 6.07) is 3.19. The molecule has 0 saturated heterocycles. The van der Waals surface area contributed by atoms with Crippen LogP contribution in [-0.2, 0) is 16.6 Å². The smallest absolute Gasteiger partial charge is 0.258 e. The molecule has 0 amide bonds. The zero-order valence-electron chi connectivity index (χ0n) is 9.19. The topological polar surface area (TPSA) is 132 Å². The maximum atomic E-state index is 10.8. The van der Waals surface area contributed by atoms with E-state index in [-0.39, 0.29) is 12.1 Å². The van der Waals surface area contributed by atoms with Gasteiger partial charge in [-0.3, -0.25) is 20.2 Å². The Bertz CT molecular complexity index is 597. The van der Waals surface area contributed by atoms with Crippen molar-refractivity contribution in [2.45, 2.75) is 6.54 Å². The lowest BCUT2D eigenvalue weighted by molar-refractivity contribution is -0.422. The molecule has 1 aromatic carbocycles. The van der Waals surface area contributed by atoms with Crippen LogP contribution < -0.4 is 4.72 Å². The highest BCUT2D eigenvalue weighted by Crippen LogP contribution is 2.27. The molecule has 98 valence electrons. The SMILES string of the molecule is CS(=O)(=O)NCc1ccc([N+](=O)[O-])c([N+](=O)[O-])c1. The summed E-state index contributed by atoms with van der Waals surface area (Å²) >= 11 is 0. The van der Waals surface area contributed by atoms with Gasteiger partial charge in [0.15, 0.2) is 0 Å². The van der Waals surface area contributed by atoms with Crippen molar-refractivity contribution in [3.8, 4) is 0 Å². The summed E-state index contributed by atoms with van der Waals surface area (Å²) in [6.45, 7) is -0.169. The average Bonchev–Trinajstić information content (AvgIpc) is 2.24. The number of sulfonamides is 1. The minimum absolute atomic E-state index is 0.169. The fraction of sp³-hybridized carbons (Fsp3) is 0.250. The molecule has 0 heterocycles. The van der Waals surface area contributed by atoms with E-state index in [9.17, 15) is 28.6 Å². The Morgan fingerprint density at radius 3 is 2.17 bits per heavy atom. The second kappa shape index (κ2) is 5.06. The first-order chi connectivity index (χ1) is 8.20. The number of benzene rings is 1. The predicted molar refractivity (Wildman–Crippen MR) is 61.4 cm³/mol. The molecule has 18 heavy (non-hydrogen) atoms. The third kappa shape index (κ3) is 3.75. The van der Waals surface area contributed by atoms with E-state index < -0.39 is 31.2 Å². The molecule has 0 saturated carbocycles. The minimum atomic E-state index is -3.44. The van der Waals surface area contributed by atoms with E-state index in [1.165, 1.54) is 6.07 Å². The highest BCUT2D eigenvalue weighted by Gasteiger charge is 2.24. The molecule has 10 heteroatoms. The van der Waals surface area contributed by atoms with Crippen molar-refractivity contribution < 1.29 is 18.3 Å². The van der Waals surface area contributed by atoms with Gasteiger partial charge in [-0.25, -0.2) is 13.1 Å². The van der Waals surface area contributed by atoms with Crippen LogP contribution in [0.3, 0.4) is 0 Å². The lowest BCUT2D eigenvalue weighted by Crippen LogP contribution is -2.21. The Morgan fingerprint density at radius 1 is 1.17 bits per heavy atom. The number of hydrogen-bond donors (Lipinski definition) is 1. The van der Waals surface area contributed by atoms with Gasteiger partial charge in [0.25, 0.3) is 0 Å². The third-order valence-corrected chi connectivity index (χ3v) is 2.64. The maximum absolute atomic E-state index is 10.8. The van der Waals surface area contributed by atoms with Crippen molar-refractivity contribution in [2.75, 3.05) is 6.26 Å². The molecule has 0 fully saturated rings. The van der Waals surface area contributed by atoms with Crippen LogP contribution in [0.2, 0.25) is 0 Å². The molecule has 0 aromatic heterocycles. The molecular formula is C8H9N3O6S. The zero-order valence-corrected chi connectivity index (χ0v) is 10.0. The summed E-state index contributed by atoms with van der Waals surface area (Å²) in [5, 5.41) is 21.2. The van der Waals surface area contributed by atoms with Gasteiger partial charge >= 0.3 is 11.4 Å². The van der Waals surface area contributed by atoms with Crippen LogP contribution in [0.4, 0.5) is 11.4 Å². The summed E-state index contributed by atoms with van der Waals surface area (Å²) in [6.07, 6.45) is 0.937. The molecule has 0 bridgehead atoms. The van der Waals surface area contributed by atoms with Gasteiger partial charge in [-0.05, 0) is 5.56 Å². The van der Waals surface area contributed by atoms with Crippen LogP contribution in [0.15, 0.2) is 18.2 Å². The summed E-state index contributed by atoms with van der Waals surface area (Å²) < 4.78 is 23.8. The molecule has 0 radical (unpaired) electrons. The number of nitrogens with one attached hydrogen (secondary N) is 1. The number of nitro benzene ring substituents is 2. The number of hydrogen-bond acceptors (Lipinski definition) is 6. The Morgan fingerprint density at radius 2 is 1.72 bits per heavy atom. The predicted octanol–water partition coefficient (Wildman–Crippen LogP) is 0.552. The van der Waals surface area contributed by atoms with Crippen LogP contribution in [0, 0.1) is 20.2 Å². The first-order valence-electron chi connectivity index (χ1n) is 4.57. The van der Waals surface area contributed by atoms with Crippen LogP contribution >= 0.6 is 0 Å². The number of nitro groups is 2. The van der Waals surface area contributed by atoms with E-state index in [4.69, 9.17) is 0 Å². The van der Waals surface area contributed by atoms with E-state index in [1.807, 2.05) is 0 Å². The molecule has 0 atom stereocenters. The van der Waals surface area contributed by atoms with Gasteiger partial charge in [0.05, 0.1) is 16.1 Å². The Kier molecular flexibility index (Phi) is 3.93. The van der Waals surface area contributed by atoms with Crippen molar-refractivity contribution in [3.63, 3.8) is 0 Å². The van der Waals surface area contributed by atoms with Crippen molar-refractivity contribution in [2.24, 2.45) is 0 Å². The summed E-state index contributed by atoms with van der Waals surface area (Å²) in [4.78, 5) is 19.4. The quantitative estimate of drug-likeness (QED) is 0.616. The second-order valence-corrected chi connectivity index (χ2v) is 5.26. The summed E-state index contributed by atoms with van der Waals surface area (Å²) in [5.74, 6) is 0. The Balaban J connectivity index is 3.08. The van der Waals surface area contributed by atoms with E-state index in [1.54, 1.807) is 0 Å². The third-order valence-electron chi connectivity index (χ3n) is 1.97. The van der Waals surface area contributed by atoms with E-state index in [0.717, 1.165) is 18.4 Å². The van der Waals surface area contributed by atoms with Crippen molar-refractivity contribution >= 4 is 21.4 Å². The van der Waals surface area contributed by atoms with Gasteiger partial charge in [0, 0.05) is 18.7 Å². The molecule has 0 aliphatic carbocycles. The molecule has 0 aliphatic rings. The number of nitrogens with zero attached hydrogens (tertiary/aromatic N) is 2. The van der Waals surface area contributed by atoms with Crippen molar-refractivity contribution in [3.05, 3.63) is 44.0 Å². The first-order valence-corrected chi connectivity index (χ1v) is 6.46. The highest BCUT2D eigenvalue weighted by molar-refractivity contribution is 7.88. The Labute approximate surface area is 102 Å². The molecule has 1 aromatic rings. The lowest BCUT2D eigenvalue weighted by atomic mass is 10.2. The summed E-state index contributed by atoms with van der Waals surface area (Å²) in [5.41, 5.74) is -1.05. The van der Waals surface area contributed by atoms with Crippen LogP contribution in [0.5, 0.6) is 0 Å².